The molecular weight excluding hydrogens is 416 g/mol. The van der Waals surface area contributed by atoms with Crippen LogP contribution in [0.3, 0.4) is 0 Å². The third-order valence-electron chi connectivity index (χ3n) is 6.64. The average Bonchev–Trinajstić information content (AvgIpc) is 3.35. The lowest BCUT2D eigenvalue weighted by molar-refractivity contribution is -0.121. The molecule has 33 heavy (non-hydrogen) atoms. The number of nitrogens with zero attached hydrogens (tertiary/aromatic N) is 2. The summed E-state index contributed by atoms with van der Waals surface area (Å²) in [5.41, 5.74) is 4.00. The van der Waals surface area contributed by atoms with Gasteiger partial charge in [0.25, 0.3) is 5.91 Å². The fourth-order valence-corrected chi connectivity index (χ4v) is 4.60. The molecule has 7 heteroatoms. The van der Waals surface area contributed by atoms with E-state index in [-0.39, 0.29) is 23.8 Å². The summed E-state index contributed by atoms with van der Waals surface area (Å²) < 4.78 is 0. The number of hydrogen-bond acceptors (Lipinski definition) is 3. The number of carbonyl (C=O) groups excluding carboxylic acids is 3. The van der Waals surface area contributed by atoms with Crippen molar-refractivity contribution in [3.8, 4) is 0 Å². The highest BCUT2D eigenvalue weighted by molar-refractivity contribution is 6.00. The van der Waals surface area contributed by atoms with Gasteiger partial charge < -0.3 is 20.4 Å². The smallest absolute Gasteiger partial charge is 0.321 e. The minimum Gasteiger partial charge on any atom is -0.339 e. The Kier molecular flexibility index (Phi) is 6.96. The number of nitrogens with one attached hydrogen (secondary N) is 2. The molecule has 0 bridgehead atoms. The first-order chi connectivity index (χ1) is 15.9. The van der Waals surface area contributed by atoms with E-state index in [1.54, 1.807) is 4.90 Å². The number of benzene rings is 2. The number of carbonyl (C=O) groups is 3. The third-order valence-corrected chi connectivity index (χ3v) is 6.64. The van der Waals surface area contributed by atoms with Gasteiger partial charge in [0.15, 0.2) is 0 Å². The van der Waals surface area contributed by atoms with Crippen molar-refractivity contribution in [2.45, 2.75) is 39.5 Å². The number of piperidine rings is 1. The molecule has 2 aliphatic rings. The van der Waals surface area contributed by atoms with Crippen molar-refractivity contribution in [1.29, 1.82) is 0 Å². The van der Waals surface area contributed by atoms with Crippen molar-refractivity contribution in [1.82, 2.24) is 9.80 Å². The molecule has 2 N–H and O–H groups in total. The summed E-state index contributed by atoms with van der Waals surface area (Å²) in [5.74, 6) is -0.179. The van der Waals surface area contributed by atoms with Crippen molar-refractivity contribution >= 4 is 29.2 Å². The van der Waals surface area contributed by atoms with Crippen molar-refractivity contribution in [3.63, 3.8) is 0 Å². The number of likely N-dealkylation sites (tertiary alicyclic amines) is 2. The van der Waals surface area contributed by atoms with Gasteiger partial charge in [0.1, 0.15) is 0 Å². The minimum absolute atomic E-state index is 0.0361. The zero-order valence-corrected chi connectivity index (χ0v) is 19.4. The van der Waals surface area contributed by atoms with E-state index >= 15 is 0 Å². The van der Waals surface area contributed by atoms with E-state index in [1.165, 1.54) is 0 Å². The number of urea groups is 1. The largest absolute Gasteiger partial charge is 0.339 e. The normalized spacial score (nSPS) is 16.5. The molecular formula is C26H32N4O3. The molecule has 2 fully saturated rings. The Morgan fingerprint density at radius 3 is 2.24 bits per heavy atom. The van der Waals surface area contributed by atoms with Gasteiger partial charge in [0.2, 0.25) is 5.91 Å². The van der Waals surface area contributed by atoms with Gasteiger partial charge in [0.05, 0.1) is 0 Å². The fourth-order valence-electron chi connectivity index (χ4n) is 4.60. The summed E-state index contributed by atoms with van der Waals surface area (Å²) in [6, 6.07) is 13.1. The van der Waals surface area contributed by atoms with Crippen LogP contribution in [0.4, 0.5) is 16.2 Å². The molecule has 0 unspecified atom stereocenters. The third kappa shape index (κ3) is 5.35. The first-order valence-corrected chi connectivity index (χ1v) is 11.7. The molecule has 4 rings (SSSR count). The van der Waals surface area contributed by atoms with E-state index in [2.05, 4.69) is 10.6 Å². The van der Waals surface area contributed by atoms with E-state index in [0.717, 1.165) is 42.7 Å². The van der Waals surface area contributed by atoms with Gasteiger partial charge in [-0.15, -0.1) is 0 Å². The van der Waals surface area contributed by atoms with Gasteiger partial charge >= 0.3 is 6.03 Å². The Bertz CT molecular complexity index is 1040. The Morgan fingerprint density at radius 1 is 0.848 bits per heavy atom. The van der Waals surface area contributed by atoms with Crippen LogP contribution in [0.5, 0.6) is 0 Å². The molecule has 0 saturated carbocycles. The maximum Gasteiger partial charge on any atom is 0.321 e. The zero-order chi connectivity index (χ0) is 23.4. The minimum atomic E-state index is -0.162. The van der Waals surface area contributed by atoms with E-state index in [9.17, 15) is 14.4 Å². The molecule has 2 saturated heterocycles. The van der Waals surface area contributed by atoms with Crippen LogP contribution < -0.4 is 10.6 Å². The molecule has 2 aromatic rings. The number of aryl methyl sites for hydroxylation is 1. The van der Waals surface area contributed by atoms with E-state index in [0.29, 0.717) is 37.2 Å². The number of rotatable bonds is 4. The standard InChI is InChI=1S/C26H32N4O3/c1-18-7-5-8-21(17-18)27-26(33)30-15-11-20(12-16-30)24(31)28-23-10-6-9-22(19(23)2)25(32)29-13-3-4-14-29/h5-10,17,20H,3-4,11-16H2,1-2H3,(H,27,33)(H,28,31). The number of hydrogen-bond donors (Lipinski definition) is 2. The molecule has 2 aromatic carbocycles. The maximum atomic E-state index is 12.9. The molecule has 4 amide bonds. The molecule has 174 valence electrons. The predicted molar refractivity (Wildman–Crippen MR) is 129 cm³/mol. The molecule has 0 aliphatic carbocycles. The van der Waals surface area contributed by atoms with Crippen molar-refractivity contribution < 1.29 is 14.4 Å². The second-order valence-corrected chi connectivity index (χ2v) is 9.03. The Balaban J connectivity index is 1.32. The lowest BCUT2D eigenvalue weighted by atomic mass is 9.95. The lowest BCUT2D eigenvalue weighted by Crippen LogP contribution is -2.43. The Labute approximate surface area is 195 Å². The van der Waals surface area contributed by atoms with Gasteiger partial charge in [-0.05, 0) is 74.9 Å². The highest BCUT2D eigenvalue weighted by atomic mass is 16.2. The SMILES string of the molecule is Cc1cccc(NC(=O)N2CCC(C(=O)Nc3cccc(C(=O)N4CCCC4)c3C)CC2)c1. The van der Waals surface area contributed by atoms with E-state index < -0.39 is 0 Å². The van der Waals surface area contributed by atoms with Gasteiger partial charge in [-0.3, -0.25) is 9.59 Å². The highest BCUT2D eigenvalue weighted by Crippen LogP contribution is 2.25. The van der Waals surface area contributed by atoms with Crippen LogP contribution in [-0.4, -0.2) is 53.8 Å². The molecule has 0 radical (unpaired) electrons. The monoisotopic (exact) mass is 448 g/mol. The summed E-state index contributed by atoms with van der Waals surface area (Å²) in [4.78, 5) is 42.0. The fraction of sp³-hybridized carbons (Fsp3) is 0.423. The summed E-state index contributed by atoms with van der Waals surface area (Å²) in [6.07, 6.45) is 3.31. The topological polar surface area (TPSA) is 81.8 Å². The molecule has 2 aliphatic heterocycles. The van der Waals surface area contributed by atoms with Crippen molar-refractivity contribution in [3.05, 3.63) is 59.2 Å². The Hall–Kier alpha value is -3.35. The molecule has 0 spiro atoms. The first kappa shape index (κ1) is 22.8. The summed E-state index contributed by atoms with van der Waals surface area (Å²) >= 11 is 0. The van der Waals surface area contributed by atoms with Crippen LogP contribution in [0, 0.1) is 19.8 Å². The summed E-state index contributed by atoms with van der Waals surface area (Å²) in [5, 5.41) is 5.96. The molecule has 0 atom stereocenters. The van der Waals surface area contributed by atoms with Crippen LogP contribution in [-0.2, 0) is 4.79 Å². The predicted octanol–water partition coefficient (Wildman–Crippen LogP) is 4.42. The summed E-state index contributed by atoms with van der Waals surface area (Å²) in [7, 11) is 0. The zero-order valence-electron chi connectivity index (χ0n) is 19.4. The van der Waals surface area contributed by atoms with Gasteiger partial charge in [-0.25, -0.2) is 4.79 Å². The first-order valence-electron chi connectivity index (χ1n) is 11.7. The van der Waals surface area contributed by atoms with Crippen LogP contribution in [0.15, 0.2) is 42.5 Å². The van der Waals surface area contributed by atoms with Gasteiger partial charge in [-0.1, -0.05) is 18.2 Å². The second kappa shape index (κ2) is 10.1. The van der Waals surface area contributed by atoms with Crippen LogP contribution in [0.2, 0.25) is 0 Å². The van der Waals surface area contributed by atoms with Crippen LogP contribution in [0.25, 0.3) is 0 Å². The van der Waals surface area contributed by atoms with Crippen molar-refractivity contribution in [2.24, 2.45) is 5.92 Å². The Morgan fingerprint density at radius 2 is 1.55 bits per heavy atom. The molecule has 0 aromatic heterocycles. The van der Waals surface area contributed by atoms with Gasteiger partial charge in [-0.2, -0.15) is 0 Å². The van der Waals surface area contributed by atoms with E-state index in [4.69, 9.17) is 0 Å². The van der Waals surface area contributed by atoms with Gasteiger partial charge in [0, 0.05) is 49.0 Å². The maximum absolute atomic E-state index is 12.9. The number of amides is 4. The van der Waals surface area contributed by atoms with E-state index in [1.807, 2.05) is 61.2 Å². The highest BCUT2D eigenvalue weighted by Gasteiger charge is 2.28. The molecule has 7 nitrogen and oxygen atoms in total. The molecule has 2 heterocycles. The van der Waals surface area contributed by atoms with Crippen LogP contribution in [0.1, 0.15) is 47.2 Å². The van der Waals surface area contributed by atoms with Crippen molar-refractivity contribution in [2.75, 3.05) is 36.8 Å². The lowest BCUT2D eigenvalue weighted by Gasteiger charge is -2.31. The van der Waals surface area contributed by atoms with Crippen LogP contribution >= 0.6 is 0 Å². The average molecular weight is 449 g/mol. The second-order valence-electron chi connectivity index (χ2n) is 9.03. The number of anilines is 2. The quantitative estimate of drug-likeness (QED) is 0.726. The summed E-state index contributed by atoms with van der Waals surface area (Å²) in [6.45, 7) is 6.52.